The molecule has 18 heavy (non-hydrogen) atoms. The largest absolute Gasteiger partial charge is 0.380 e. The second kappa shape index (κ2) is 7.71. The fourth-order valence-corrected chi connectivity index (χ4v) is 2.21. The zero-order chi connectivity index (χ0) is 13.4. The van der Waals surface area contributed by atoms with E-state index in [0.29, 0.717) is 0 Å². The minimum atomic E-state index is -0.568. The third kappa shape index (κ3) is 4.92. The van der Waals surface area contributed by atoms with Crippen LogP contribution in [0.3, 0.4) is 0 Å². The molecule has 3 N–H and O–H groups in total. The van der Waals surface area contributed by atoms with Crippen molar-refractivity contribution in [2.75, 3.05) is 39.9 Å². The van der Waals surface area contributed by atoms with Crippen molar-refractivity contribution in [3.05, 3.63) is 0 Å². The van der Waals surface area contributed by atoms with Gasteiger partial charge in [0.25, 0.3) is 0 Å². The average molecular weight is 257 g/mol. The molecule has 0 radical (unpaired) electrons. The summed E-state index contributed by atoms with van der Waals surface area (Å²) >= 11 is 0. The normalized spacial score (nSPS) is 21.2. The van der Waals surface area contributed by atoms with Crippen LogP contribution in [-0.2, 0) is 9.53 Å². The van der Waals surface area contributed by atoms with Crippen molar-refractivity contribution in [2.45, 2.75) is 38.1 Å². The van der Waals surface area contributed by atoms with E-state index < -0.39 is 5.54 Å². The van der Waals surface area contributed by atoms with Crippen LogP contribution in [0.25, 0.3) is 0 Å². The first kappa shape index (κ1) is 15.4. The first-order valence-corrected chi connectivity index (χ1v) is 6.87. The van der Waals surface area contributed by atoms with Crippen LogP contribution in [0.5, 0.6) is 0 Å². The maximum atomic E-state index is 11.3. The number of primary amides is 1. The number of unbranched alkanes of at least 4 members (excludes halogenated alkanes) is 1. The number of rotatable bonds is 7. The van der Waals surface area contributed by atoms with E-state index in [-0.39, 0.29) is 5.91 Å². The first-order chi connectivity index (χ1) is 8.58. The molecule has 5 nitrogen and oxygen atoms in total. The molecule has 1 aliphatic rings. The maximum Gasteiger partial charge on any atom is 0.237 e. The Morgan fingerprint density at radius 1 is 1.39 bits per heavy atom. The summed E-state index contributed by atoms with van der Waals surface area (Å²) < 4.78 is 5.42. The van der Waals surface area contributed by atoms with Gasteiger partial charge in [-0.25, -0.2) is 0 Å². The molecule has 106 valence electrons. The van der Waals surface area contributed by atoms with Crippen LogP contribution in [0.1, 0.15) is 32.6 Å². The van der Waals surface area contributed by atoms with Crippen LogP contribution in [-0.4, -0.2) is 56.2 Å². The number of carbonyl (C=O) groups is 1. The summed E-state index contributed by atoms with van der Waals surface area (Å²) in [5.41, 5.74) is 4.83. The Bertz CT molecular complexity index is 253. The Morgan fingerprint density at radius 3 is 2.83 bits per heavy atom. The number of hydrogen-bond acceptors (Lipinski definition) is 4. The van der Waals surface area contributed by atoms with Crippen molar-refractivity contribution in [2.24, 2.45) is 5.73 Å². The van der Waals surface area contributed by atoms with Crippen molar-refractivity contribution in [1.82, 2.24) is 10.2 Å². The van der Waals surface area contributed by atoms with E-state index in [1.165, 1.54) is 0 Å². The van der Waals surface area contributed by atoms with Gasteiger partial charge < -0.3 is 20.7 Å². The van der Waals surface area contributed by atoms with Crippen LogP contribution in [0.15, 0.2) is 0 Å². The van der Waals surface area contributed by atoms with Gasteiger partial charge >= 0.3 is 0 Å². The number of carbonyl (C=O) groups excluding carboxylic acids is 1. The molecule has 0 aromatic heterocycles. The van der Waals surface area contributed by atoms with E-state index in [1.54, 1.807) is 7.05 Å². The summed E-state index contributed by atoms with van der Waals surface area (Å²) in [7, 11) is 1.79. The summed E-state index contributed by atoms with van der Waals surface area (Å²) in [4.78, 5) is 13.8. The Kier molecular flexibility index (Phi) is 6.60. The molecule has 1 amide bonds. The third-order valence-corrected chi connectivity index (χ3v) is 3.81. The van der Waals surface area contributed by atoms with Crippen LogP contribution in [0.2, 0.25) is 0 Å². The van der Waals surface area contributed by atoms with Gasteiger partial charge in [0.2, 0.25) is 5.91 Å². The average Bonchev–Trinajstić information content (AvgIpc) is 2.62. The topological polar surface area (TPSA) is 67.6 Å². The Labute approximate surface area is 110 Å². The molecule has 1 heterocycles. The van der Waals surface area contributed by atoms with E-state index in [1.807, 2.05) is 6.92 Å². The number of ether oxygens (including phenoxy) is 1. The molecule has 0 bridgehead atoms. The van der Waals surface area contributed by atoms with Crippen molar-refractivity contribution < 1.29 is 9.53 Å². The fourth-order valence-electron chi connectivity index (χ4n) is 2.21. The summed E-state index contributed by atoms with van der Waals surface area (Å²) in [6.07, 6.45) is 4.03. The Morgan fingerprint density at radius 2 is 2.17 bits per heavy atom. The number of hydrogen-bond donors (Lipinski definition) is 2. The highest BCUT2D eigenvalue weighted by Gasteiger charge is 2.27. The van der Waals surface area contributed by atoms with E-state index in [9.17, 15) is 4.79 Å². The molecule has 0 aromatic rings. The summed E-state index contributed by atoms with van der Waals surface area (Å²) in [6, 6.07) is 0. The molecule has 1 rings (SSSR count). The molecule has 0 aliphatic carbocycles. The van der Waals surface area contributed by atoms with Crippen LogP contribution in [0.4, 0.5) is 0 Å². The van der Waals surface area contributed by atoms with Crippen molar-refractivity contribution in [1.29, 1.82) is 0 Å². The van der Waals surface area contributed by atoms with Gasteiger partial charge in [0.1, 0.15) is 0 Å². The first-order valence-electron chi connectivity index (χ1n) is 6.87. The molecule has 0 saturated carbocycles. The molecular weight excluding hydrogens is 230 g/mol. The van der Waals surface area contributed by atoms with E-state index in [4.69, 9.17) is 10.5 Å². The fraction of sp³-hybridized carbons (Fsp3) is 0.923. The standard InChI is InChI=1S/C13H27N3O2/c1-13(15-2,12(14)17)6-3-4-7-16-8-5-10-18-11-9-16/h15H,3-11H2,1-2H3,(H2,14,17). The van der Waals surface area contributed by atoms with Gasteiger partial charge in [-0.1, -0.05) is 0 Å². The predicted octanol–water partition coefficient (Wildman–Crippen LogP) is 0.342. The van der Waals surface area contributed by atoms with Gasteiger partial charge in [-0.15, -0.1) is 0 Å². The lowest BCUT2D eigenvalue weighted by Crippen LogP contribution is -2.51. The van der Waals surface area contributed by atoms with Gasteiger partial charge in [-0.3, -0.25) is 4.79 Å². The zero-order valence-electron chi connectivity index (χ0n) is 11.7. The lowest BCUT2D eigenvalue weighted by Gasteiger charge is -2.26. The van der Waals surface area contributed by atoms with Gasteiger partial charge in [-0.05, 0) is 46.2 Å². The molecule has 1 saturated heterocycles. The van der Waals surface area contributed by atoms with Gasteiger partial charge in [0, 0.05) is 19.7 Å². The molecule has 0 spiro atoms. The summed E-state index contributed by atoms with van der Waals surface area (Å²) in [6.45, 7) is 6.83. The van der Waals surface area contributed by atoms with Gasteiger partial charge in [0.05, 0.1) is 12.1 Å². The molecule has 1 atom stereocenters. The molecule has 1 unspecified atom stereocenters. The monoisotopic (exact) mass is 257 g/mol. The third-order valence-electron chi connectivity index (χ3n) is 3.81. The zero-order valence-corrected chi connectivity index (χ0v) is 11.7. The minimum absolute atomic E-state index is 0.270. The van der Waals surface area contributed by atoms with Gasteiger partial charge in [-0.2, -0.15) is 0 Å². The molecule has 1 fully saturated rings. The number of nitrogens with two attached hydrogens (primary N) is 1. The smallest absolute Gasteiger partial charge is 0.237 e. The van der Waals surface area contributed by atoms with Crippen LogP contribution < -0.4 is 11.1 Å². The SMILES string of the molecule is CNC(C)(CCCCN1CCCOCC1)C(N)=O. The Hall–Kier alpha value is -0.650. The van der Waals surface area contributed by atoms with Crippen molar-refractivity contribution in [3.63, 3.8) is 0 Å². The van der Waals surface area contributed by atoms with E-state index in [0.717, 1.165) is 58.5 Å². The number of amides is 1. The molecular formula is C13H27N3O2. The summed E-state index contributed by atoms with van der Waals surface area (Å²) in [5.74, 6) is -0.270. The van der Waals surface area contributed by atoms with Crippen molar-refractivity contribution in [3.8, 4) is 0 Å². The summed E-state index contributed by atoms with van der Waals surface area (Å²) in [5, 5.41) is 3.02. The maximum absolute atomic E-state index is 11.3. The Balaban J connectivity index is 2.19. The highest BCUT2D eigenvalue weighted by Crippen LogP contribution is 2.13. The highest BCUT2D eigenvalue weighted by atomic mass is 16.5. The lowest BCUT2D eigenvalue weighted by atomic mass is 9.94. The van der Waals surface area contributed by atoms with Gasteiger partial charge in [0.15, 0.2) is 0 Å². The number of likely N-dealkylation sites (N-methyl/N-ethyl adjacent to an activating group) is 1. The second-order valence-electron chi connectivity index (χ2n) is 5.21. The van der Waals surface area contributed by atoms with Crippen LogP contribution in [0, 0.1) is 0 Å². The molecule has 1 aliphatic heterocycles. The number of nitrogens with one attached hydrogen (secondary N) is 1. The highest BCUT2D eigenvalue weighted by molar-refractivity contribution is 5.84. The minimum Gasteiger partial charge on any atom is -0.380 e. The molecule has 0 aromatic carbocycles. The lowest BCUT2D eigenvalue weighted by molar-refractivity contribution is -0.123. The number of nitrogens with zero attached hydrogens (tertiary/aromatic N) is 1. The van der Waals surface area contributed by atoms with E-state index >= 15 is 0 Å². The molecule has 5 heteroatoms. The van der Waals surface area contributed by atoms with Crippen LogP contribution >= 0.6 is 0 Å². The van der Waals surface area contributed by atoms with E-state index in [2.05, 4.69) is 10.2 Å². The predicted molar refractivity (Wildman–Crippen MR) is 72.4 cm³/mol. The second-order valence-corrected chi connectivity index (χ2v) is 5.21. The quantitative estimate of drug-likeness (QED) is 0.646. The van der Waals surface area contributed by atoms with Crippen molar-refractivity contribution >= 4 is 5.91 Å².